The Kier molecular flexibility index (Phi) is 6.23. The Morgan fingerprint density at radius 3 is 2.71 bits per heavy atom. The van der Waals surface area contributed by atoms with Gasteiger partial charge in [-0.05, 0) is 50.6 Å². The van der Waals surface area contributed by atoms with E-state index in [9.17, 15) is 9.59 Å². The van der Waals surface area contributed by atoms with Gasteiger partial charge in [-0.25, -0.2) is 4.98 Å². The maximum absolute atomic E-state index is 13.7. The second-order valence-corrected chi connectivity index (χ2v) is 8.67. The van der Waals surface area contributed by atoms with Crippen LogP contribution in [0.1, 0.15) is 49.8 Å². The number of ether oxygens (including phenoxy) is 1. The minimum Gasteiger partial charge on any atom is -0.494 e. The van der Waals surface area contributed by atoms with E-state index in [0.717, 1.165) is 17.0 Å². The van der Waals surface area contributed by atoms with E-state index < -0.39 is 5.92 Å². The molecular weight excluding hydrogens is 442 g/mol. The van der Waals surface area contributed by atoms with Crippen molar-refractivity contribution in [3.63, 3.8) is 0 Å². The molecule has 1 amide bonds. The topological polar surface area (TPSA) is 93.5 Å². The van der Waals surface area contributed by atoms with Crippen molar-refractivity contribution in [3.05, 3.63) is 101 Å². The maximum atomic E-state index is 13.7. The average Bonchev–Trinajstić information content (AvgIpc) is 3.39. The number of allylic oxidation sites excluding steroid dienone is 3. The number of hydrogen-bond acceptors (Lipinski definition) is 6. The predicted octanol–water partition coefficient (Wildman–Crippen LogP) is 5.07. The highest BCUT2D eigenvalue weighted by Crippen LogP contribution is 2.47. The summed E-state index contributed by atoms with van der Waals surface area (Å²) >= 11 is 0. The number of rotatable bonds is 6. The van der Waals surface area contributed by atoms with Crippen LogP contribution in [0.2, 0.25) is 0 Å². The van der Waals surface area contributed by atoms with Gasteiger partial charge in [0.05, 0.1) is 18.8 Å². The molecule has 3 aromatic rings. The number of Topliss-reactive ketones (excluding diaryl/α,β-unsaturated/α-hetero) is 1. The number of carbonyl (C=O) groups is 2. The fourth-order valence-electron chi connectivity index (χ4n) is 5.00. The molecule has 0 unspecified atom stereocenters. The SMILES string of the molecule is CCOc1ccccc1[C@H]1C(C(=O)Nc2ccccn2)=C(C)NC2=C1C(=O)C[C@H](c1ccco1)C2. The van der Waals surface area contributed by atoms with Gasteiger partial charge < -0.3 is 19.8 Å². The number of dihydropyridines is 1. The van der Waals surface area contributed by atoms with Crippen molar-refractivity contribution in [1.82, 2.24) is 10.3 Å². The molecule has 1 aromatic carbocycles. The molecule has 178 valence electrons. The molecule has 1 aliphatic carbocycles. The third kappa shape index (κ3) is 4.37. The second-order valence-electron chi connectivity index (χ2n) is 8.67. The first-order valence-electron chi connectivity index (χ1n) is 11.8. The van der Waals surface area contributed by atoms with Gasteiger partial charge in [-0.2, -0.15) is 0 Å². The zero-order valence-electron chi connectivity index (χ0n) is 19.7. The molecule has 0 saturated heterocycles. The number of nitrogens with zero attached hydrogens (tertiary/aromatic N) is 1. The molecule has 3 heterocycles. The standard InChI is InChI=1S/C28H27N3O4/c1-3-34-23-10-5-4-9-19(23)26-25(28(33)31-24-12-6-7-13-29-24)17(2)30-20-15-18(16-21(32)27(20)26)22-11-8-14-35-22/h4-14,18,26,30H,3,15-16H2,1-2H3,(H,29,31,33)/t18-,26+/m1/s1. The molecule has 0 spiro atoms. The van der Waals surface area contributed by atoms with Gasteiger partial charge in [0.15, 0.2) is 5.78 Å². The summed E-state index contributed by atoms with van der Waals surface area (Å²) in [5.74, 6) is 0.960. The highest BCUT2D eigenvalue weighted by Gasteiger charge is 2.42. The molecule has 2 aromatic heterocycles. The fraction of sp³-hybridized carbons (Fsp3) is 0.250. The number of ketones is 1. The first-order chi connectivity index (χ1) is 17.1. The number of anilines is 1. The van der Waals surface area contributed by atoms with Gasteiger partial charge in [0.25, 0.3) is 5.91 Å². The van der Waals surface area contributed by atoms with Crippen molar-refractivity contribution in [2.24, 2.45) is 0 Å². The Morgan fingerprint density at radius 2 is 1.97 bits per heavy atom. The summed E-state index contributed by atoms with van der Waals surface area (Å²) in [6.45, 7) is 4.26. The smallest absolute Gasteiger partial charge is 0.255 e. The molecule has 2 aliphatic rings. The molecule has 5 rings (SSSR count). The van der Waals surface area contributed by atoms with Gasteiger partial charge in [0, 0.05) is 46.6 Å². The summed E-state index contributed by atoms with van der Waals surface area (Å²) in [4.78, 5) is 31.5. The minimum absolute atomic E-state index is 0.00733. The Morgan fingerprint density at radius 1 is 1.14 bits per heavy atom. The number of para-hydroxylation sites is 1. The predicted molar refractivity (Wildman–Crippen MR) is 132 cm³/mol. The summed E-state index contributed by atoms with van der Waals surface area (Å²) in [5.41, 5.74) is 3.40. The Labute approximate surface area is 203 Å². The number of nitrogens with one attached hydrogen (secondary N) is 2. The van der Waals surface area contributed by atoms with Crippen LogP contribution in [0.5, 0.6) is 5.75 Å². The number of amides is 1. The van der Waals surface area contributed by atoms with Crippen molar-refractivity contribution in [2.75, 3.05) is 11.9 Å². The van der Waals surface area contributed by atoms with E-state index in [2.05, 4.69) is 15.6 Å². The lowest BCUT2D eigenvalue weighted by Crippen LogP contribution is -2.37. The minimum atomic E-state index is -0.567. The average molecular weight is 470 g/mol. The Hall–Kier alpha value is -4.13. The van der Waals surface area contributed by atoms with Crippen LogP contribution in [-0.4, -0.2) is 23.3 Å². The molecule has 7 nitrogen and oxygen atoms in total. The molecule has 0 radical (unpaired) electrons. The summed E-state index contributed by atoms with van der Waals surface area (Å²) in [6.07, 6.45) is 4.19. The Bertz CT molecular complexity index is 1310. The second kappa shape index (κ2) is 9.62. The number of aromatic nitrogens is 1. The molecule has 2 atom stereocenters. The number of benzene rings is 1. The molecule has 0 bridgehead atoms. The van der Waals surface area contributed by atoms with E-state index in [4.69, 9.17) is 9.15 Å². The molecule has 0 fully saturated rings. The van der Waals surface area contributed by atoms with Gasteiger partial charge in [-0.15, -0.1) is 0 Å². The molecular formula is C28H27N3O4. The normalized spacial score (nSPS) is 19.8. The summed E-state index contributed by atoms with van der Waals surface area (Å²) in [6, 6.07) is 16.7. The van der Waals surface area contributed by atoms with E-state index in [0.29, 0.717) is 47.9 Å². The lowest BCUT2D eigenvalue weighted by atomic mass is 9.72. The van der Waals surface area contributed by atoms with Crippen molar-refractivity contribution in [3.8, 4) is 5.75 Å². The third-order valence-corrected chi connectivity index (χ3v) is 6.45. The zero-order valence-corrected chi connectivity index (χ0v) is 19.7. The van der Waals surface area contributed by atoms with Crippen LogP contribution in [0, 0.1) is 0 Å². The summed E-state index contributed by atoms with van der Waals surface area (Å²) < 4.78 is 11.5. The summed E-state index contributed by atoms with van der Waals surface area (Å²) in [7, 11) is 0. The van der Waals surface area contributed by atoms with Crippen LogP contribution in [0.4, 0.5) is 5.82 Å². The van der Waals surface area contributed by atoms with Crippen molar-refractivity contribution in [1.29, 1.82) is 0 Å². The first kappa shape index (κ1) is 22.7. The van der Waals surface area contributed by atoms with Gasteiger partial charge in [-0.3, -0.25) is 9.59 Å². The maximum Gasteiger partial charge on any atom is 0.255 e. The highest BCUT2D eigenvalue weighted by atomic mass is 16.5. The molecule has 1 aliphatic heterocycles. The zero-order chi connectivity index (χ0) is 24.4. The third-order valence-electron chi connectivity index (χ3n) is 6.45. The van der Waals surface area contributed by atoms with Crippen LogP contribution in [-0.2, 0) is 9.59 Å². The fourth-order valence-corrected chi connectivity index (χ4v) is 5.00. The van der Waals surface area contributed by atoms with Crippen LogP contribution in [0.3, 0.4) is 0 Å². The van der Waals surface area contributed by atoms with E-state index in [-0.39, 0.29) is 17.6 Å². The number of hydrogen-bond donors (Lipinski definition) is 2. The molecule has 2 N–H and O–H groups in total. The first-order valence-corrected chi connectivity index (χ1v) is 11.8. The Balaban J connectivity index is 1.61. The van der Waals surface area contributed by atoms with Crippen LogP contribution in [0.15, 0.2) is 94.0 Å². The van der Waals surface area contributed by atoms with Gasteiger partial charge in [0.2, 0.25) is 0 Å². The number of carbonyl (C=O) groups excluding carboxylic acids is 2. The van der Waals surface area contributed by atoms with E-state index in [1.165, 1.54) is 0 Å². The van der Waals surface area contributed by atoms with E-state index in [1.807, 2.05) is 56.3 Å². The van der Waals surface area contributed by atoms with Crippen molar-refractivity contribution in [2.45, 2.75) is 38.5 Å². The van der Waals surface area contributed by atoms with Crippen LogP contribution in [0.25, 0.3) is 0 Å². The monoisotopic (exact) mass is 469 g/mol. The lowest BCUT2D eigenvalue weighted by molar-refractivity contribution is -0.116. The molecule has 0 saturated carbocycles. The summed E-state index contributed by atoms with van der Waals surface area (Å²) in [5, 5.41) is 6.28. The molecule has 7 heteroatoms. The van der Waals surface area contributed by atoms with Gasteiger partial charge in [0.1, 0.15) is 17.3 Å². The molecule has 35 heavy (non-hydrogen) atoms. The number of pyridine rings is 1. The van der Waals surface area contributed by atoms with Gasteiger partial charge in [-0.1, -0.05) is 24.3 Å². The van der Waals surface area contributed by atoms with E-state index in [1.54, 1.807) is 24.6 Å². The highest BCUT2D eigenvalue weighted by molar-refractivity contribution is 6.09. The van der Waals surface area contributed by atoms with Crippen molar-refractivity contribution < 1.29 is 18.7 Å². The quantitative estimate of drug-likeness (QED) is 0.523. The van der Waals surface area contributed by atoms with Crippen molar-refractivity contribution >= 4 is 17.5 Å². The van der Waals surface area contributed by atoms with E-state index >= 15 is 0 Å². The van der Waals surface area contributed by atoms with Crippen LogP contribution >= 0.6 is 0 Å². The lowest BCUT2D eigenvalue weighted by Gasteiger charge is -2.36. The largest absolute Gasteiger partial charge is 0.494 e. The van der Waals surface area contributed by atoms with Crippen LogP contribution < -0.4 is 15.4 Å². The van der Waals surface area contributed by atoms with Gasteiger partial charge >= 0.3 is 0 Å². The number of furan rings is 1.